The summed E-state index contributed by atoms with van der Waals surface area (Å²) in [5, 5.41) is 9.24. The molecule has 2 N–H and O–H groups in total. The van der Waals surface area contributed by atoms with Crippen molar-refractivity contribution in [3.63, 3.8) is 0 Å². The molecule has 1 aromatic heterocycles. The van der Waals surface area contributed by atoms with Crippen molar-refractivity contribution in [3.8, 4) is 0 Å². The van der Waals surface area contributed by atoms with E-state index >= 15 is 0 Å². The van der Waals surface area contributed by atoms with E-state index in [4.69, 9.17) is 16.7 Å². The van der Waals surface area contributed by atoms with Crippen molar-refractivity contribution >= 4 is 27.6 Å². The van der Waals surface area contributed by atoms with Crippen molar-refractivity contribution in [3.05, 3.63) is 23.5 Å². The van der Waals surface area contributed by atoms with Crippen LogP contribution in [0.15, 0.2) is 23.4 Å². The summed E-state index contributed by atoms with van der Waals surface area (Å²) >= 11 is 5.67. The van der Waals surface area contributed by atoms with E-state index in [9.17, 15) is 13.2 Å². The summed E-state index contributed by atoms with van der Waals surface area (Å²) in [4.78, 5) is 14.6. The first kappa shape index (κ1) is 15.9. The molecule has 0 aromatic carbocycles. The van der Waals surface area contributed by atoms with Gasteiger partial charge in [-0.3, -0.25) is 9.78 Å². The number of sulfonamides is 1. The van der Waals surface area contributed by atoms with Crippen LogP contribution in [0.1, 0.15) is 20.3 Å². The van der Waals surface area contributed by atoms with E-state index in [2.05, 4.69) is 9.71 Å². The maximum atomic E-state index is 12.0. The van der Waals surface area contributed by atoms with E-state index in [0.29, 0.717) is 6.42 Å². The predicted molar refractivity (Wildman–Crippen MR) is 70.4 cm³/mol. The quantitative estimate of drug-likeness (QED) is 0.830. The first-order chi connectivity index (χ1) is 8.77. The first-order valence-corrected chi connectivity index (χ1v) is 7.49. The Morgan fingerprint density at radius 1 is 1.53 bits per heavy atom. The molecule has 0 aliphatic rings. The molecule has 106 valence electrons. The number of aromatic nitrogens is 1. The van der Waals surface area contributed by atoms with Crippen LogP contribution < -0.4 is 4.72 Å². The molecule has 0 radical (unpaired) electrons. The lowest BCUT2D eigenvalue weighted by Gasteiger charge is -2.19. The lowest BCUT2D eigenvalue weighted by atomic mass is 10.0. The largest absolute Gasteiger partial charge is 0.480 e. The Morgan fingerprint density at radius 2 is 2.16 bits per heavy atom. The number of pyridine rings is 1. The highest BCUT2D eigenvalue weighted by atomic mass is 35.5. The van der Waals surface area contributed by atoms with Gasteiger partial charge in [-0.1, -0.05) is 31.9 Å². The molecule has 19 heavy (non-hydrogen) atoms. The lowest BCUT2D eigenvalue weighted by Crippen LogP contribution is -2.44. The molecule has 8 heteroatoms. The average Bonchev–Trinajstić information content (AvgIpc) is 2.35. The second kappa shape index (κ2) is 6.31. The van der Waals surface area contributed by atoms with Crippen molar-refractivity contribution in [1.82, 2.24) is 9.71 Å². The van der Waals surface area contributed by atoms with Gasteiger partial charge in [0.15, 0.2) is 0 Å². The van der Waals surface area contributed by atoms with E-state index in [1.807, 2.05) is 0 Å². The van der Waals surface area contributed by atoms with Crippen LogP contribution in [0.3, 0.4) is 0 Å². The van der Waals surface area contributed by atoms with Crippen LogP contribution in [0, 0.1) is 5.92 Å². The zero-order chi connectivity index (χ0) is 14.6. The standard InChI is InChI=1S/C11H15ClN2O4S/c1-3-7(2)10(11(15)16)14-19(17,18)9-4-8(12)5-13-6-9/h4-7,10,14H,3H2,1-2H3,(H,15,16)/t7-,10-/m0/s1. The van der Waals surface area contributed by atoms with Gasteiger partial charge >= 0.3 is 5.97 Å². The number of rotatable bonds is 6. The van der Waals surface area contributed by atoms with Crippen LogP contribution in [0.5, 0.6) is 0 Å². The molecular formula is C11H15ClN2O4S. The molecular weight excluding hydrogens is 292 g/mol. The van der Waals surface area contributed by atoms with Crippen LogP contribution >= 0.6 is 11.6 Å². The van der Waals surface area contributed by atoms with Crippen molar-refractivity contribution in [2.75, 3.05) is 0 Å². The van der Waals surface area contributed by atoms with E-state index in [0.717, 1.165) is 6.20 Å². The molecule has 2 atom stereocenters. The molecule has 1 aromatic rings. The Bertz CT molecular complexity index is 562. The Kier molecular flexibility index (Phi) is 5.28. The number of halogens is 1. The predicted octanol–water partition coefficient (Wildman–Crippen LogP) is 1.51. The fourth-order valence-corrected chi connectivity index (χ4v) is 2.94. The SMILES string of the molecule is CC[C@H](C)[C@H](NS(=O)(=O)c1cncc(Cl)c1)C(=O)O. The molecule has 0 aliphatic heterocycles. The third-order valence-electron chi connectivity index (χ3n) is 2.75. The average molecular weight is 307 g/mol. The van der Waals surface area contributed by atoms with Gasteiger partial charge in [-0.25, -0.2) is 8.42 Å². The van der Waals surface area contributed by atoms with Gasteiger partial charge in [-0.2, -0.15) is 4.72 Å². The number of nitrogens with zero attached hydrogens (tertiary/aromatic N) is 1. The Hall–Kier alpha value is -1.18. The number of hydrogen-bond donors (Lipinski definition) is 2. The normalized spacial score (nSPS) is 14.9. The van der Waals surface area contributed by atoms with Crippen LogP contribution in [-0.4, -0.2) is 30.5 Å². The number of aliphatic carboxylic acids is 1. The molecule has 0 saturated carbocycles. The molecule has 0 aliphatic carbocycles. The fourth-order valence-electron chi connectivity index (χ4n) is 1.42. The molecule has 0 fully saturated rings. The fraction of sp³-hybridized carbons (Fsp3) is 0.455. The number of carboxylic acid groups (broad SMARTS) is 1. The van der Waals surface area contributed by atoms with Gasteiger partial charge in [-0.15, -0.1) is 0 Å². The summed E-state index contributed by atoms with van der Waals surface area (Å²) in [6.07, 6.45) is 2.95. The number of nitrogens with one attached hydrogen (secondary N) is 1. The van der Waals surface area contributed by atoms with Gasteiger partial charge < -0.3 is 5.11 Å². The van der Waals surface area contributed by atoms with Gasteiger partial charge in [0, 0.05) is 12.4 Å². The van der Waals surface area contributed by atoms with E-state index in [-0.39, 0.29) is 15.8 Å². The highest BCUT2D eigenvalue weighted by Gasteiger charge is 2.29. The molecule has 0 bridgehead atoms. The minimum absolute atomic E-state index is 0.158. The van der Waals surface area contributed by atoms with Gasteiger partial charge in [0.05, 0.1) is 5.02 Å². The van der Waals surface area contributed by atoms with Crippen LogP contribution in [0.4, 0.5) is 0 Å². The Balaban J connectivity index is 3.04. The molecule has 1 rings (SSSR count). The zero-order valence-corrected chi connectivity index (χ0v) is 12.1. The number of carbonyl (C=O) groups is 1. The Morgan fingerprint density at radius 3 is 2.63 bits per heavy atom. The maximum absolute atomic E-state index is 12.0. The van der Waals surface area contributed by atoms with Crippen molar-refractivity contribution in [2.24, 2.45) is 5.92 Å². The van der Waals surface area contributed by atoms with E-state index in [1.165, 1.54) is 12.3 Å². The third-order valence-corrected chi connectivity index (χ3v) is 4.37. The highest BCUT2D eigenvalue weighted by Crippen LogP contribution is 2.16. The summed E-state index contributed by atoms with van der Waals surface area (Å²) in [7, 11) is -3.96. The van der Waals surface area contributed by atoms with Crippen molar-refractivity contribution in [2.45, 2.75) is 31.2 Å². The topological polar surface area (TPSA) is 96.4 Å². The van der Waals surface area contributed by atoms with Gasteiger partial charge in [0.25, 0.3) is 0 Å². The summed E-state index contributed by atoms with van der Waals surface area (Å²) < 4.78 is 26.3. The molecule has 0 spiro atoms. The smallest absolute Gasteiger partial charge is 0.322 e. The molecule has 0 amide bonds. The van der Waals surface area contributed by atoms with Crippen LogP contribution in [0.2, 0.25) is 5.02 Å². The van der Waals surface area contributed by atoms with Gasteiger partial charge in [0.2, 0.25) is 10.0 Å². The minimum atomic E-state index is -3.96. The molecule has 0 saturated heterocycles. The third kappa shape index (κ3) is 4.15. The maximum Gasteiger partial charge on any atom is 0.322 e. The summed E-state index contributed by atoms with van der Waals surface area (Å²) in [5.41, 5.74) is 0. The highest BCUT2D eigenvalue weighted by molar-refractivity contribution is 7.89. The minimum Gasteiger partial charge on any atom is -0.480 e. The first-order valence-electron chi connectivity index (χ1n) is 5.63. The zero-order valence-electron chi connectivity index (χ0n) is 10.5. The number of hydrogen-bond acceptors (Lipinski definition) is 4. The van der Waals surface area contributed by atoms with Gasteiger partial charge in [0.1, 0.15) is 10.9 Å². The van der Waals surface area contributed by atoms with Crippen molar-refractivity contribution < 1.29 is 18.3 Å². The van der Waals surface area contributed by atoms with E-state index in [1.54, 1.807) is 13.8 Å². The summed E-state index contributed by atoms with van der Waals surface area (Å²) in [5.74, 6) is -1.55. The second-order valence-corrected chi connectivity index (χ2v) is 6.31. The summed E-state index contributed by atoms with van der Waals surface area (Å²) in [6.45, 7) is 3.45. The van der Waals surface area contributed by atoms with Crippen LogP contribution in [-0.2, 0) is 14.8 Å². The second-order valence-electron chi connectivity index (χ2n) is 4.16. The monoisotopic (exact) mass is 306 g/mol. The molecule has 1 heterocycles. The molecule has 6 nitrogen and oxygen atoms in total. The Labute approximate surface area is 116 Å². The van der Waals surface area contributed by atoms with Crippen LogP contribution in [0.25, 0.3) is 0 Å². The molecule has 0 unspecified atom stereocenters. The lowest BCUT2D eigenvalue weighted by molar-refractivity contribution is -0.140. The number of carboxylic acids is 1. The summed E-state index contributed by atoms with van der Waals surface area (Å²) in [6, 6.07) is 0.0286. The van der Waals surface area contributed by atoms with Crippen molar-refractivity contribution in [1.29, 1.82) is 0 Å². The van der Waals surface area contributed by atoms with E-state index < -0.39 is 22.0 Å². The van der Waals surface area contributed by atoms with Gasteiger partial charge in [-0.05, 0) is 12.0 Å².